The van der Waals surface area contributed by atoms with E-state index >= 15 is 0 Å². The van der Waals surface area contributed by atoms with Crippen molar-refractivity contribution in [1.82, 2.24) is 4.31 Å². The van der Waals surface area contributed by atoms with Crippen LogP contribution in [0.1, 0.15) is 9.67 Å². The first kappa shape index (κ1) is 20.4. The molecule has 1 heterocycles. The van der Waals surface area contributed by atoms with Crippen molar-refractivity contribution < 1.29 is 22.7 Å². The average Bonchev–Trinajstić information content (AvgIpc) is 3.12. The predicted molar refractivity (Wildman–Crippen MR) is 102 cm³/mol. The Hall–Kier alpha value is -1.88. The minimum atomic E-state index is -4.01. The molecular formula is C16H18N2O5S3. The van der Waals surface area contributed by atoms with Crippen molar-refractivity contribution in [3.05, 3.63) is 40.6 Å². The number of hydrogen-bond acceptors (Lipinski definition) is 7. The van der Waals surface area contributed by atoms with Crippen LogP contribution in [0.4, 0.5) is 5.69 Å². The number of esters is 1. The van der Waals surface area contributed by atoms with Crippen LogP contribution in [0.3, 0.4) is 0 Å². The van der Waals surface area contributed by atoms with Gasteiger partial charge in [0.2, 0.25) is 15.9 Å². The number of methoxy groups -OCH3 is 1. The van der Waals surface area contributed by atoms with Gasteiger partial charge in [-0.2, -0.15) is 4.31 Å². The second kappa shape index (κ2) is 8.67. The lowest BCUT2D eigenvalue weighted by Gasteiger charge is -2.17. The van der Waals surface area contributed by atoms with Crippen LogP contribution in [0.15, 0.2) is 45.5 Å². The lowest BCUT2D eigenvalue weighted by molar-refractivity contribution is -0.116. The minimum absolute atomic E-state index is 0.0208. The molecule has 0 saturated heterocycles. The monoisotopic (exact) mass is 414 g/mol. The second-order valence-electron chi connectivity index (χ2n) is 5.12. The highest BCUT2D eigenvalue weighted by atomic mass is 32.2. The summed E-state index contributed by atoms with van der Waals surface area (Å²) < 4.78 is 30.9. The average molecular weight is 415 g/mol. The van der Waals surface area contributed by atoms with Gasteiger partial charge in [0.1, 0.15) is 9.77 Å². The van der Waals surface area contributed by atoms with E-state index < -0.39 is 21.9 Å². The fourth-order valence-corrected chi connectivity index (χ4v) is 5.12. The molecule has 0 radical (unpaired) electrons. The van der Waals surface area contributed by atoms with Crippen molar-refractivity contribution in [2.75, 3.05) is 32.3 Å². The Morgan fingerprint density at radius 3 is 2.62 bits per heavy atom. The lowest BCUT2D eigenvalue weighted by atomic mass is 10.3. The number of sulfonamides is 1. The number of likely N-dealkylation sites (N-methyl/N-ethyl adjacent to an activating group) is 1. The summed E-state index contributed by atoms with van der Waals surface area (Å²) in [6, 6.07) is 8.55. The molecule has 26 heavy (non-hydrogen) atoms. The molecule has 0 atom stereocenters. The maximum atomic E-state index is 12.7. The van der Waals surface area contributed by atoms with Crippen LogP contribution >= 0.6 is 23.1 Å². The Morgan fingerprint density at radius 1 is 1.27 bits per heavy atom. The molecule has 2 rings (SSSR count). The van der Waals surface area contributed by atoms with Gasteiger partial charge in [0.25, 0.3) is 0 Å². The molecule has 0 aliphatic heterocycles. The van der Waals surface area contributed by atoms with E-state index in [1.54, 1.807) is 12.1 Å². The third-order valence-electron chi connectivity index (χ3n) is 3.44. The number of carbonyl (C=O) groups excluding carboxylic acids is 2. The summed E-state index contributed by atoms with van der Waals surface area (Å²) in [7, 11) is -1.54. The maximum Gasteiger partial charge on any atom is 0.349 e. The molecule has 0 spiro atoms. The molecule has 1 aromatic carbocycles. The standard InChI is InChI=1S/C16H18N2O5S3/c1-18(10-14(19)17-11-6-4-5-7-12(11)24-3)26(21,22)13-8-9-25-15(13)16(20)23-2/h4-9H,10H2,1-3H3,(H,17,19). The van der Waals surface area contributed by atoms with Crippen molar-refractivity contribution in [3.8, 4) is 0 Å². The van der Waals surface area contributed by atoms with Gasteiger partial charge in [0.15, 0.2) is 0 Å². The number of para-hydroxylation sites is 1. The van der Waals surface area contributed by atoms with Gasteiger partial charge in [-0.15, -0.1) is 23.1 Å². The van der Waals surface area contributed by atoms with Crippen LogP contribution < -0.4 is 5.32 Å². The third kappa shape index (κ3) is 4.44. The number of ether oxygens (including phenoxy) is 1. The zero-order chi connectivity index (χ0) is 19.3. The number of amides is 1. The van der Waals surface area contributed by atoms with Crippen LogP contribution in [0.5, 0.6) is 0 Å². The van der Waals surface area contributed by atoms with Gasteiger partial charge < -0.3 is 10.1 Å². The molecule has 0 aliphatic carbocycles. The van der Waals surface area contributed by atoms with E-state index in [4.69, 9.17) is 0 Å². The number of thioether (sulfide) groups is 1. The fraction of sp³-hybridized carbons (Fsp3) is 0.250. The van der Waals surface area contributed by atoms with E-state index in [2.05, 4.69) is 10.1 Å². The Labute approximate surface area is 160 Å². The van der Waals surface area contributed by atoms with Crippen molar-refractivity contribution in [3.63, 3.8) is 0 Å². The first-order chi connectivity index (χ1) is 12.3. The molecule has 2 aromatic rings. The predicted octanol–water partition coefficient (Wildman–Crippen LogP) is 2.52. The van der Waals surface area contributed by atoms with E-state index in [9.17, 15) is 18.0 Å². The van der Waals surface area contributed by atoms with Crippen LogP contribution in [0.25, 0.3) is 0 Å². The largest absolute Gasteiger partial charge is 0.465 e. The SMILES string of the molecule is COC(=O)c1sccc1S(=O)(=O)N(C)CC(=O)Nc1ccccc1SC. The van der Waals surface area contributed by atoms with E-state index in [0.717, 1.165) is 20.5 Å². The summed E-state index contributed by atoms with van der Waals surface area (Å²) in [6.07, 6.45) is 1.88. The molecule has 140 valence electrons. The summed E-state index contributed by atoms with van der Waals surface area (Å²) in [6.45, 7) is -0.387. The van der Waals surface area contributed by atoms with Crippen molar-refractivity contribution in [1.29, 1.82) is 0 Å². The number of nitrogens with one attached hydrogen (secondary N) is 1. The van der Waals surface area contributed by atoms with Crippen molar-refractivity contribution >= 4 is 50.7 Å². The number of thiophene rings is 1. The highest BCUT2D eigenvalue weighted by Crippen LogP contribution is 2.26. The minimum Gasteiger partial charge on any atom is -0.465 e. The number of carbonyl (C=O) groups is 2. The van der Waals surface area contributed by atoms with E-state index in [0.29, 0.717) is 5.69 Å². The summed E-state index contributed by atoms with van der Waals surface area (Å²) in [5.41, 5.74) is 0.613. The number of anilines is 1. The van der Waals surface area contributed by atoms with E-state index in [1.807, 2.05) is 18.4 Å². The Bertz CT molecular complexity index is 908. The van der Waals surface area contributed by atoms with Crippen LogP contribution in [0, 0.1) is 0 Å². The van der Waals surface area contributed by atoms with Gasteiger partial charge >= 0.3 is 5.97 Å². The van der Waals surface area contributed by atoms with E-state index in [1.165, 1.54) is 37.4 Å². The van der Waals surface area contributed by atoms with Gasteiger partial charge in [-0.3, -0.25) is 4.79 Å². The van der Waals surface area contributed by atoms with Crippen LogP contribution in [-0.4, -0.2) is 51.6 Å². The third-order valence-corrected chi connectivity index (χ3v) is 7.10. The van der Waals surface area contributed by atoms with Crippen molar-refractivity contribution in [2.24, 2.45) is 0 Å². The molecule has 1 amide bonds. The van der Waals surface area contributed by atoms with Gasteiger partial charge in [0.05, 0.1) is 19.3 Å². The number of hydrogen-bond donors (Lipinski definition) is 1. The summed E-state index contributed by atoms with van der Waals surface area (Å²) in [4.78, 5) is 24.7. The molecule has 0 bridgehead atoms. The number of benzene rings is 1. The Morgan fingerprint density at radius 2 is 1.96 bits per heavy atom. The smallest absolute Gasteiger partial charge is 0.349 e. The second-order valence-corrected chi connectivity index (χ2v) is 8.89. The van der Waals surface area contributed by atoms with Gasteiger partial charge in [-0.05, 0) is 29.8 Å². The molecule has 0 saturated carbocycles. The Kier molecular flexibility index (Phi) is 6.81. The van der Waals surface area contributed by atoms with Crippen LogP contribution in [0.2, 0.25) is 0 Å². The number of rotatable bonds is 7. The molecule has 10 heteroatoms. The zero-order valence-electron chi connectivity index (χ0n) is 14.4. The molecular weight excluding hydrogens is 396 g/mol. The molecule has 1 aromatic heterocycles. The lowest BCUT2D eigenvalue weighted by Crippen LogP contribution is -2.35. The zero-order valence-corrected chi connectivity index (χ0v) is 16.8. The van der Waals surface area contributed by atoms with Gasteiger partial charge in [0, 0.05) is 11.9 Å². The van der Waals surface area contributed by atoms with Crippen molar-refractivity contribution in [2.45, 2.75) is 9.79 Å². The van der Waals surface area contributed by atoms with Gasteiger partial charge in [-0.1, -0.05) is 12.1 Å². The maximum absolute atomic E-state index is 12.7. The quantitative estimate of drug-likeness (QED) is 0.553. The highest BCUT2D eigenvalue weighted by Gasteiger charge is 2.29. The summed E-state index contributed by atoms with van der Waals surface area (Å²) in [5, 5.41) is 4.19. The first-order valence-corrected chi connectivity index (χ1v) is 10.9. The van der Waals surface area contributed by atoms with Crippen LogP contribution in [-0.2, 0) is 19.6 Å². The van der Waals surface area contributed by atoms with Gasteiger partial charge in [-0.25, -0.2) is 13.2 Å². The topological polar surface area (TPSA) is 92.8 Å². The van der Waals surface area contributed by atoms with E-state index in [-0.39, 0.29) is 16.3 Å². The fourth-order valence-electron chi connectivity index (χ4n) is 2.13. The normalized spacial score (nSPS) is 11.4. The molecule has 0 unspecified atom stereocenters. The highest BCUT2D eigenvalue weighted by molar-refractivity contribution is 7.98. The number of nitrogens with zero attached hydrogens (tertiary/aromatic N) is 1. The Balaban J connectivity index is 2.16. The summed E-state index contributed by atoms with van der Waals surface area (Å²) >= 11 is 2.44. The molecule has 7 nitrogen and oxygen atoms in total. The molecule has 0 aliphatic rings. The summed E-state index contributed by atoms with van der Waals surface area (Å²) in [5.74, 6) is -1.21. The molecule has 1 N–H and O–H groups in total. The molecule has 0 fully saturated rings. The first-order valence-electron chi connectivity index (χ1n) is 7.36.